The number of fused-ring (bicyclic) bond motifs is 2. The molecule has 2 aliphatic rings. The second-order valence-corrected chi connectivity index (χ2v) is 9.32. The third kappa shape index (κ3) is 3.28. The third-order valence-electron chi connectivity index (χ3n) is 5.94. The number of sulfonamides is 1. The molecule has 2 aliphatic carbocycles. The summed E-state index contributed by atoms with van der Waals surface area (Å²) in [5.74, 6) is -0.574. The van der Waals surface area contributed by atoms with Gasteiger partial charge in [-0.1, -0.05) is 13.8 Å². The zero-order chi connectivity index (χ0) is 19.4. The van der Waals surface area contributed by atoms with Crippen molar-refractivity contribution >= 4 is 21.5 Å². The zero-order valence-corrected chi connectivity index (χ0v) is 15.2. The van der Waals surface area contributed by atoms with Gasteiger partial charge in [-0.15, -0.1) is 13.2 Å². The summed E-state index contributed by atoms with van der Waals surface area (Å²) in [5, 5.41) is 0. The van der Waals surface area contributed by atoms with Crippen LogP contribution in [-0.2, 0) is 14.8 Å². The Morgan fingerprint density at radius 1 is 1.23 bits per heavy atom. The lowest BCUT2D eigenvalue weighted by molar-refractivity contribution is -0.274. The Bertz CT molecular complexity index is 817. The second-order valence-electron chi connectivity index (χ2n) is 7.60. The topological polar surface area (TPSA) is 72.5 Å². The highest BCUT2D eigenvalue weighted by Crippen LogP contribution is 2.64. The van der Waals surface area contributed by atoms with Crippen LogP contribution in [0, 0.1) is 16.7 Å². The van der Waals surface area contributed by atoms with Crippen molar-refractivity contribution in [2.24, 2.45) is 16.7 Å². The predicted molar refractivity (Wildman–Crippen MR) is 89.1 cm³/mol. The number of rotatable bonds is 5. The fourth-order valence-electron chi connectivity index (χ4n) is 4.37. The molecule has 9 heteroatoms. The van der Waals surface area contributed by atoms with Gasteiger partial charge < -0.3 is 4.74 Å². The standard InChI is InChI=1S/C17H20F3NO4S/c1-15(2)11-7-8-16(15,14(22)9-11)10-26(23,24)21-12-3-5-13(6-4-12)25-17(18,19)20/h3-6,11,21H,7-10H2,1-2H3/t11-,16+/m0/s1. The Morgan fingerprint density at radius 2 is 1.85 bits per heavy atom. The molecule has 5 nitrogen and oxygen atoms in total. The minimum atomic E-state index is -4.81. The number of ketones is 1. The number of benzene rings is 1. The minimum Gasteiger partial charge on any atom is -0.406 e. The van der Waals surface area contributed by atoms with Crippen LogP contribution in [0.5, 0.6) is 5.75 Å². The Balaban J connectivity index is 1.75. The minimum absolute atomic E-state index is 0.0157. The molecule has 2 fully saturated rings. The second kappa shape index (κ2) is 5.87. The van der Waals surface area contributed by atoms with Gasteiger partial charge >= 0.3 is 6.36 Å². The van der Waals surface area contributed by atoms with Gasteiger partial charge in [0.25, 0.3) is 0 Å². The van der Waals surface area contributed by atoms with Crippen molar-refractivity contribution < 1.29 is 31.1 Å². The number of alkyl halides is 3. The van der Waals surface area contributed by atoms with Crippen LogP contribution in [0.4, 0.5) is 18.9 Å². The molecule has 0 aliphatic heterocycles. The summed E-state index contributed by atoms with van der Waals surface area (Å²) >= 11 is 0. The van der Waals surface area contributed by atoms with Gasteiger partial charge in [0.05, 0.1) is 11.2 Å². The lowest BCUT2D eigenvalue weighted by atomic mass is 9.70. The molecule has 0 unspecified atom stereocenters. The maximum Gasteiger partial charge on any atom is 0.573 e. The van der Waals surface area contributed by atoms with E-state index in [9.17, 15) is 26.4 Å². The van der Waals surface area contributed by atoms with Crippen molar-refractivity contribution in [3.05, 3.63) is 24.3 Å². The first-order chi connectivity index (χ1) is 11.8. The molecule has 0 radical (unpaired) electrons. The van der Waals surface area contributed by atoms with E-state index in [-0.39, 0.29) is 28.6 Å². The Morgan fingerprint density at radius 3 is 2.31 bits per heavy atom. The Hall–Kier alpha value is -1.77. The SMILES string of the molecule is CC1(C)[C@H]2CC[C@@]1(CS(=O)(=O)Nc1ccc(OC(F)(F)F)cc1)C(=O)C2. The molecular weight excluding hydrogens is 371 g/mol. The quantitative estimate of drug-likeness (QED) is 0.830. The highest BCUT2D eigenvalue weighted by molar-refractivity contribution is 7.92. The molecule has 2 atom stereocenters. The van der Waals surface area contributed by atoms with Gasteiger partial charge in [-0.2, -0.15) is 0 Å². The average Bonchev–Trinajstić information content (AvgIpc) is 2.81. The number of hydrogen-bond acceptors (Lipinski definition) is 4. The van der Waals surface area contributed by atoms with Crippen LogP contribution < -0.4 is 9.46 Å². The third-order valence-corrected chi connectivity index (χ3v) is 7.36. The number of Topliss-reactive ketones (excluding diaryl/α,β-unsaturated/α-hetero) is 1. The summed E-state index contributed by atoms with van der Waals surface area (Å²) in [7, 11) is -3.85. The van der Waals surface area contributed by atoms with Crippen LogP contribution in [0.15, 0.2) is 24.3 Å². The first-order valence-corrected chi connectivity index (χ1v) is 9.89. The fourth-order valence-corrected chi connectivity index (χ4v) is 6.27. The lowest BCUT2D eigenvalue weighted by Crippen LogP contribution is -2.43. The monoisotopic (exact) mass is 391 g/mol. The van der Waals surface area contributed by atoms with E-state index in [0.717, 1.165) is 18.6 Å². The van der Waals surface area contributed by atoms with Crippen LogP contribution in [0.2, 0.25) is 0 Å². The number of carbonyl (C=O) groups is 1. The van der Waals surface area contributed by atoms with Crippen molar-refractivity contribution in [3.63, 3.8) is 0 Å². The number of carbonyl (C=O) groups excluding carboxylic acids is 1. The lowest BCUT2D eigenvalue weighted by Gasteiger charge is -2.36. The molecule has 0 amide bonds. The highest BCUT2D eigenvalue weighted by atomic mass is 32.2. The Kier molecular flexibility index (Phi) is 4.29. The smallest absolute Gasteiger partial charge is 0.406 e. The van der Waals surface area contributed by atoms with Crippen molar-refractivity contribution in [2.45, 2.75) is 39.5 Å². The molecule has 144 valence electrons. The summed E-state index contributed by atoms with van der Waals surface area (Å²) in [6, 6.07) is 4.44. The number of anilines is 1. The molecule has 1 aromatic carbocycles. The summed E-state index contributed by atoms with van der Waals surface area (Å²) in [6.45, 7) is 3.88. The highest BCUT2D eigenvalue weighted by Gasteiger charge is 2.65. The fraction of sp³-hybridized carbons (Fsp3) is 0.588. The molecule has 2 saturated carbocycles. The van der Waals surface area contributed by atoms with E-state index in [2.05, 4.69) is 9.46 Å². The normalized spacial score (nSPS) is 27.6. The molecular formula is C17H20F3NO4S. The first kappa shape index (κ1) is 19.0. The van der Waals surface area contributed by atoms with E-state index in [0.29, 0.717) is 12.8 Å². The van der Waals surface area contributed by atoms with Gasteiger partial charge in [-0.05, 0) is 48.4 Å². The van der Waals surface area contributed by atoms with Crippen LogP contribution in [0.3, 0.4) is 0 Å². The molecule has 0 saturated heterocycles. The van der Waals surface area contributed by atoms with Crippen LogP contribution in [0.25, 0.3) is 0 Å². The largest absolute Gasteiger partial charge is 0.573 e. The molecule has 2 bridgehead atoms. The van der Waals surface area contributed by atoms with Gasteiger partial charge in [0, 0.05) is 12.1 Å². The molecule has 1 N–H and O–H groups in total. The molecule has 0 heterocycles. The summed E-state index contributed by atoms with van der Waals surface area (Å²) in [4.78, 5) is 12.5. The van der Waals surface area contributed by atoms with Crippen molar-refractivity contribution in [1.82, 2.24) is 0 Å². The number of hydrogen-bond donors (Lipinski definition) is 1. The van der Waals surface area contributed by atoms with E-state index in [1.165, 1.54) is 12.1 Å². The average molecular weight is 391 g/mol. The number of ether oxygens (including phenoxy) is 1. The van der Waals surface area contributed by atoms with Gasteiger partial charge in [0.15, 0.2) is 0 Å². The van der Waals surface area contributed by atoms with E-state index < -0.39 is 27.6 Å². The van der Waals surface area contributed by atoms with Crippen LogP contribution >= 0.6 is 0 Å². The molecule has 26 heavy (non-hydrogen) atoms. The molecule has 3 rings (SSSR count). The van der Waals surface area contributed by atoms with E-state index >= 15 is 0 Å². The molecule has 0 spiro atoms. The van der Waals surface area contributed by atoms with Gasteiger partial charge in [0.2, 0.25) is 10.0 Å². The van der Waals surface area contributed by atoms with E-state index in [4.69, 9.17) is 0 Å². The zero-order valence-electron chi connectivity index (χ0n) is 14.4. The predicted octanol–water partition coefficient (Wildman–Crippen LogP) is 3.72. The summed E-state index contributed by atoms with van der Waals surface area (Å²) in [6.07, 6.45) is -3.03. The number of nitrogens with one attached hydrogen (secondary N) is 1. The van der Waals surface area contributed by atoms with Gasteiger partial charge in [0.1, 0.15) is 11.5 Å². The molecule has 1 aromatic rings. The van der Waals surface area contributed by atoms with E-state index in [1.807, 2.05) is 13.8 Å². The van der Waals surface area contributed by atoms with Crippen LogP contribution in [-0.4, -0.2) is 26.3 Å². The Labute approximate surface area is 150 Å². The van der Waals surface area contributed by atoms with Crippen molar-refractivity contribution in [3.8, 4) is 5.75 Å². The maximum atomic E-state index is 12.6. The van der Waals surface area contributed by atoms with Gasteiger partial charge in [-0.25, -0.2) is 8.42 Å². The summed E-state index contributed by atoms with van der Waals surface area (Å²) < 4.78 is 67.8. The number of halogens is 3. The van der Waals surface area contributed by atoms with Crippen molar-refractivity contribution in [1.29, 1.82) is 0 Å². The molecule has 0 aromatic heterocycles. The first-order valence-electron chi connectivity index (χ1n) is 8.24. The van der Waals surface area contributed by atoms with Crippen molar-refractivity contribution in [2.75, 3.05) is 10.5 Å². The maximum absolute atomic E-state index is 12.6. The van der Waals surface area contributed by atoms with Gasteiger partial charge in [-0.3, -0.25) is 9.52 Å². The van der Waals surface area contributed by atoms with Crippen LogP contribution in [0.1, 0.15) is 33.1 Å². The van der Waals surface area contributed by atoms with E-state index in [1.54, 1.807) is 0 Å². The summed E-state index contributed by atoms with van der Waals surface area (Å²) in [5.41, 5.74) is -1.17.